The summed E-state index contributed by atoms with van der Waals surface area (Å²) in [5.41, 5.74) is 24.3. The molecule has 2 aliphatic heterocycles. The molecule has 4 aromatic heterocycles. The van der Waals surface area contributed by atoms with Crippen molar-refractivity contribution in [1.29, 1.82) is 0 Å². The summed E-state index contributed by atoms with van der Waals surface area (Å²) >= 11 is 0. The van der Waals surface area contributed by atoms with Gasteiger partial charge in [-0.15, -0.1) is 0 Å². The summed E-state index contributed by atoms with van der Waals surface area (Å²) in [6, 6.07) is 14.3. The zero-order valence-corrected chi connectivity index (χ0v) is 36.9. The lowest BCUT2D eigenvalue weighted by molar-refractivity contribution is -0.122. The first-order valence-electron chi connectivity index (χ1n) is 22.1. The van der Waals surface area contributed by atoms with Gasteiger partial charge in [-0.25, -0.2) is 4.98 Å². The maximum atomic E-state index is 13.2. The SMILES string of the molecule is CCc1c(C)c2cc3[nH]c(cc4nc(c(C)c5nc(cc1[nH]2)C(C)=C5)[C@@H](CCC(=O)NCCCCCCNC(=O)[C@H](N)Cc1cn(C)c2ccccc12)[C@@H]4C)c(C)c3CC. The Morgan fingerprint density at radius 2 is 1.48 bits per heavy atom. The van der Waals surface area contributed by atoms with Crippen molar-refractivity contribution in [2.24, 2.45) is 12.8 Å². The molecule has 6 N–H and O–H groups in total. The van der Waals surface area contributed by atoms with Gasteiger partial charge in [-0.1, -0.05) is 51.8 Å². The van der Waals surface area contributed by atoms with Crippen LogP contribution in [0, 0.1) is 20.8 Å². The number of amides is 2. The quantitative estimate of drug-likeness (QED) is 0.0669. The van der Waals surface area contributed by atoms with Crippen molar-refractivity contribution in [3.8, 4) is 0 Å². The Bertz CT molecular complexity index is 2610. The van der Waals surface area contributed by atoms with Gasteiger partial charge in [0, 0.05) is 88.9 Å². The fourth-order valence-electron chi connectivity index (χ4n) is 9.38. The zero-order chi connectivity index (χ0) is 42.7. The molecule has 6 heterocycles. The van der Waals surface area contributed by atoms with Crippen LogP contribution in [-0.4, -0.2) is 55.4 Å². The Balaban J connectivity index is 0.971. The first-order valence-corrected chi connectivity index (χ1v) is 22.1. The van der Waals surface area contributed by atoms with E-state index in [0.717, 1.165) is 111 Å². The third kappa shape index (κ3) is 8.85. The van der Waals surface area contributed by atoms with Crippen molar-refractivity contribution >= 4 is 56.4 Å². The van der Waals surface area contributed by atoms with E-state index in [1.54, 1.807) is 0 Å². The van der Waals surface area contributed by atoms with Gasteiger partial charge in [0.25, 0.3) is 0 Å². The second-order valence-electron chi connectivity index (χ2n) is 17.1. The van der Waals surface area contributed by atoms with Crippen LogP contribution in [0.5, 0.6) is 0 Å². The molecule has 1 aromatic carbocycles. The minimum absolute atomic E-state index is 0.0711. The van der Waals surface area contributed by atoms with Crippen LogP contribution in [0.3, 0.4) is 0 Å². The Hall–Kier alpha value is -5.48. The zero-order valence-electron chi connectivity index (χ0n) is 36.9. The van der Waals surface area contributed by atoms with Crippen molar-refractivity contribution in [3.63, 3.8) is 0 Å². The minimum Gasteiger partial charge on any atom is -0.356 e. The maximum absolute atomic E-state index is 13.2. The Kier molecular flexibility index (Phi) is 13.1. The number of nitrogens with two attached hydrogens (primary N) is 1. The Morgan fingerprint density at radius 3 is 2.18 bits per heavy atom. The number of fused-ring (bicyclic) bond motifs is 9. The number of unbranched alkanes of at least 4 members (excludes halogenated alkanes) is 3. The number of para-hydroxylation sites is 1. The monoisotopic (exact) mass is 809 g/mol. The highest BCUT2D eigenvalue weighted by Crippen LogP contribution is 2.42. The highest BCUT2D eigenvalue weighted by molar-refractivity contribution is 5.87. The molecule has 60 heavy (non-hydrogen) atoms. The molecule has 5 aromatic rings. The molecule has 0 saturated carbocycles. The summed E-state index contributed by atoms with van der Waals surface area (Å²) < 4.78 is 2.08. The number of hydrogen-bond acceptors (Lipinski definition) is 5. The van der Waals surface area contributed by atoms with Crippen LogP contribution in [-0.2, 0) is 35.9 Å². The van der Waals surface area contributed by atoms with Crippen LogP contribution in [0.25, 0.3) is 44.6 Å². The number of carbonyl (C=O) groups is 2. The van der Waals surface area contributed by atoms with Crippen LogP contribution < -0.4 is 16.4 Å². The average Bonchev–Trinajstić information content (AvgIpc) is 4.00. The van der Waals surface area contributed by atoms with Gasteiger partial charge in [0.2, 0.25) is 11.8 Å². The van der Waals surface area contributed by atoms with Gasteiger partial charge in [0.05, 0.1) is 17.4 Å². The molecule has 3 atom stereocenters. The number of nitrogens with zero attached hydrogens (tertiary/aromatic N) is 3. The van der Waals surface area contributed by atoms with Gasteiger partial charge in [-0.3, -0.25) is 14.6 Å². The number of benzene rings is 1. The van der Waals surface area contributed by atoms with Crippen molar-refractivity contribution in [2.45, 2.75) is 124 Å². The predicted molar refractivity (Wildman–Crippen MR) is 247 cm³/mol. The standard InChI is InChI=1S/C50H64N8O2/c1-9-35-31(5)43-27-46-36(10-2)30(4)42(55-46)26-44-32(6)37(49(57-44)33(7)41-23-29(3)40(54-41)25-45(35)56-43)19-20-48(59)52-21-15-11-12-16-22-53-50(60)39(51)24-34-28-58(8)47-18-14-13-17-38(34)47/h13-14,17-18,23,25-28,32,37,39,55-56H,9-12,15-16,19-22,24,51H2,1-8H3,(H,52,59)(H,53,60)/t32-,37-,39+/m0/s1. The van der Waals surface area contributed by atoms with E-state index >= 15 is 0 Å². The number of hydrogen-bond donors (Lipinski definition) is 5. The van der Waals surface area contributed by atoms with Crippen LogP contribution in [0.1, 0.15) is 134 Å². The predicted octanol–water partition coefficient (Wildman–Crippen LogP) is 9.45. The van der Waals surface area contributed by atoms with E-state index in [-0.39, 0.29) is 23.7 Å². The second-order valence-corrected chi connectivity index (χ2v) is 17.1. The van der Waals surface area contributed by atoms with Gasteiger partial charge in [-0.05, 0) is 136 Å². The first-order chi connectivity index (χ1) is 28.9. The topological polar surface area (TPSA) is 147 Å². The smallest absolute Gasteiger partial charge is 0.237 e. The molecule has 0 spiro atoms. The number of allylic oxidation sites excluding steroid dienone is 1. The lowest BCUT2D eigenvalue weighted by Crippen LogP contribution is -2.42. The maximum Gasteiger partial charge on any atom is 0.237 e. The number of H-pyrrole nitrogens is 2. The Morgan fingerprint density at radius 1 is 0.833 bits per heavy atom. The molecule has 316 valence electrons. The molecule has 0 saturated heterocycles. The summed E-state index contributed by atoms with van der Waals surface area (Å²) in [5.74, 6) is 0.175. The Labute approximate surface area is 354 Å². The fraction of sp³-hybridized carbons (Fsp3) is 0.440. The first kappa shape index (κ1) is 42.6. The highest BCUT2D eigenvalue weighted by atomic mass is 16.2. The van der Waals surface area contributed by atoms with Crippen molar-refractivity contribution in [3.05, 3.63) is 105 Å². The van der Waals surface area contributed by atoms with E-state index in [0.29, 0.717) is 32.4 Å². The molecular weight excluding hydrogens is 745 g/mol. The molecule has 0 fully saturated rings. The fourth-order valence-corrected chi connectivity index (χ4v) is 9.38. The number of rotatable bonds is 15. The lowest BCUT2D eigenvalue weighted by Gasteiger charge is -2.17. The van der Waals surface area contributed by atoms with E-state index in [4.69, 9.17) is 15.7 Å². The summed E-state index contributed by atoms with van der Waals surface area (Å²) in [7, 11) is 2.01. The van der Waals surface area contributed by atoms with Gasteiger partial charge in [0.15, 0.2) is 0 Å². The number of aryl methyl sites for hydroxylation is 5. The summed E-state index contributed by atoms with van der Waals surface area (Å²) in [5, 5.41) is 7.32. The number of carbonyl (C=O) groups excluding carboxylic acids is 2. The number of nitrogens with one attached hydrogen (secondary N) is 4. The number of aromatic nitrogens is 5. The molecule has 2 amide bonds. The molecule has 8 bridgehead atoms. The van der Waals surface area contributed by atoms with E-state index in [2.05, 4.69) is 116 Å². The van der Waals surface area contributed by atoms with Crippen molar-refractivity contribution in [2.75, 3.05) is 13.1 Å². The van der Waals surface area contributed by atoms with E-state index in [9.17, 15) is 9.59 Å². The summed E-state index contributed by atoms with van der Waals surface area (Å²) in [6.45, 7) is 16.6. The van der Waals surface area contributed by atoms with Crippen LogP contribution >= 0.6 is 0 Å². The molecule has 0 unspecified atom stereocenters. The largest absolute Gasteiger partial charge is 0.356 e. The molecule has 0 aliphatic carbocycles. The summed E-state index contributed by atoms with van der Waals surface area (Å²) in [6.07, 6.45) is 11.4. The van der Waals surface area contributed by atoms with E-state index in [1.807, 2.05) is 19.2 Å². The third-order valence-corrected chi connectivity index (χ3v) is 13.1. The average molecular weight is 809 g/mol. The van der Waals surface area contributed by atoms with Gasteiger partial charge in [0.1, 0.15) is 0 Å². The van der Waals surface area contributed by atoms with Crippen LogP contribution in [0.2, 0.25) is 0 Å². The van der Waals surface area contributed by atoms with Crippen LogP contribution in [0.15, 0.2) is 48.7 Å². The normalized spacial score (nSPS) is 15.7. The van der Waals surface area contributed by atoms with Gasteiger partial charge in [-0.2, -0.15) is 0 Å². The van der Waals surface area contributed by atoms with Gasteiger partial charge < -0.3 is 30.9 Å². The minimum atomic E-state index is -0.590. The second kappa shape index (κ2) is 18.4. The summed E-state index contributed by atoms with van der Waals surface area (Å²) in [4.78, 5) is 44.0. The van der Waals surface area contributed by atoms with E-state index < -0.39 is 6.04 Å². The van der Waals surface area contributed by atoms with Crippen LogP contribution in [0.4, 0.5) is 0 Å². The van der Waals surface area contributed by atoms with Crippen molar-refractivity contribution < 1.29 is 9.59 Å². The molecule has 10 nitrogen and oxygen atoms in total. The molecule has 0 radical (unpaired) electrons. The molecule has 2 aliphatic rings. The molecular formula is C50H64N8O2. The third-order valence-electron chi connectivity index (χ3n) is 13.1. The van der Waals surface area contributed by atoms with Crippen molar-refractivity contribution in [1.82, 2.24) is 35.1 Å². The highest BCUT2D eigenvalue weighted by Gasteiger charge is 2.31. The molecule has 7 rings (SSSR count). The number of aromatic amines is 2. The molecule has 10 heteroatoms. The lowest BCUT2D eigenvalue weighted by atomic mass is 9.85. The van der Waals surface area contributed by atoms with Gasteiger partial charge >= 0.3 is 0 Å². The van der Waals surface area contributed by atoms with E-state index in [1.165, 1.54) is 22.3 Å².